The van der Waals surface area contributed by atoms with Crippen LogP contribution in [0.5, 0.6) is 0 Å². The number of halogens is 1. The Labute approximate surface area is 202 Å². The Morgan fingerprint density at radius 1 is 1.36 bits per heavy atom. The average molecular weight is 489 g/mol. The maximum Gasteiger partial charge on any atom is 0.256 e. The summed E-state index contributed by atoms with van der Waals surface area (Å²) in [5.41, 5.74) is 3.77. The van der Waals surface area contributed by atoms with Crippen molar-refractivity contribution in [3.05, 3.63) is 52.3 Å². The smallest absolute Gasteiger partial charge is 0.256 e. The first-order valence-electron chi connectivity index (χ1n) is 11.0. The maximum atomic E-state index is 13.6. The molecule has 0 radical (unpaired) electrons. The number of nitrogens with zero attached hydrogens (tertiary/aromatic N) is 4. The molecule has 1 aromatic carbocycles. The van der Waals surface area contributed by atoms with Crippen LogP contribution in [0.2, 0.25) is 5.02 Å². The third-order valence-corrected chi connectivity index (χ3v) is 6.50. The van der Waals surface area contributed by atoms with Crippen molar-refractivity contribution in [3.8, 4) is 0 Å². The van der Waals surface area contributed by atoms with E-state index in [4.69, 9.17) is 21.7 Å². The highest BCUT2D eigenvalue weighted by Gasteiger charge is 2.32. The minimum absolute atomic E-state index is 0.0207. The molecule has 2 atom stereocenters. The number of hydrogen-bond donors (Lipinski definition) is 3. The molecule has 2 unspecified atom stereocenters. The fourth-order valence-corrected chi connectivity index (χ4v) is 4.72. The van der Waals surface area contributed by atoms with E-state index in [1.165, 1.54) is 11.9 Å². The third-order valence-electron chi connectivity index (χ3n) is 5.84. The van der Waals surface area contributed by atoms with Gasteiger partial charge in [-0.2, -0.15) is 5.10 Å². The van der Waals surface area contributed by atoms with E-state index >= 15 is 0 Å². The Morgan fingerprint density at radius 2 is 2.18 bits per heavy atom. The molecule has 0 bridgehead atoms. The van der Waals surface area contributed by atoms with Crippen LogP contribution < -0.4 is 10.0 Å². The fraction of sp³-hybridized carbons (Fsp3) is 0.435. The van der Waals surface area contributed by atoms with Crippen molar-refractivity contribution >= 4 is 46.6 Å². The molecular formula is C23H29ClN6O2S. The Balaban J connectivity index is 1.67. The van der Waals surface area contributed by atoms with Crippen molar-refractivity contribution in [1.82, 2.24) is 19.5 Å². The summed E-state index contributed by atoms with van der Waals surface area (Å²) in [5, 5.41) is 17.9. The molecule has 3 N–H and O–H groups in total. The molecule has 3 aromatic rings. The molecule has 1 aliphatic heterocycles. The number of benzene rings is 1. The molecule has 1 fully saturated rings. The second-order valence-electron chi connectivity index (χ2n) is 8.38. The van der Waals surface area contributed by atoms with Gasteiger partial charge in [0.1, 0.15) is 5.82 Å². The molecule has 10 heteroatoms. The van der Waals surface area contributed by atoms with Gasteiger partial charge in [-0.05, 0) is 51.3 Å². The summed E-state index contributed by atoms with van der Waals surface area (Å²) in [5.74, 6) is 0.665. The van der Waals surface area contributed by atoms with Gasteiger partial charge in [-0.1, -0.05) is 23.5 Å². The Morgan fingerprint density at radius 3 is 2.94 bits per heavy atom. The van der Waals surface area contributed by atoms with Crippen LogP contribution in [0.15, 0.2) is 30.5 Å². The maximum absolute atomic E-state index is 13.6. The van der Waals surface area contributed by atoms with Crippen LogP contribution in [-0.2, 0) is 0 Å². The molecule has 0 spiro atoms. The Kier molecular flexibility index (Phi) is 7.31. The van der Waals surface area contributed by atoms with Gasteiger partial charge in [0.15, 0.2) is 5.65 Å². The van der Waals surface area contributed by atoms with Crippen molar-refractivity contribution in [3.63, 3.8) is 0 Å². The van der Waals surface area contributed by atoms with E-state index in [-0.39, 0.29) is 24.6 Å². The van der Waals surface area contributed by atoms with Crippen LogP contribution in [0.3, 0.4) is 0 Å². The molecule has 4 rings (SSSR count). The van der Waals surface area contributed by atoms with Gasteiger partial charge in [0.2, 0.25) is 0 Å². The minimum atomic E-state index is -0.137. The lowest BCUT2D eigenvalue weighted by atomic mass is 9.98. The predicted octanol–water partition coefficient (Wildman–Crippen LogP) is 4.54. The number of carbonyl (C=O) groups is 1. The first-order chi connectivity index (χ1) is 15.9. The van der Waals surface area contributed by atoms with Crippen molar-refractivity contribution in [2.24, 2.45) is 0 Å². The van der Waals surface area contributed by atoms with E-state index in [1.807, 2.05) is 43.3 Å². The zero-order valence-corrected chi connectivity index (χ0v) is 20.6. The second kappa shape index (κ2) is 10.2. The number of nitrogens with one attached hydrogen (secondary N) is 2. The quantitative estimate of drug-likeness (QED) is 0.420. The Hall–Kier alpha value is -2.49. The van der Waals surface area contributed by atoms with Gasteiger partial charge >= 0.3 is 0 Å². The van der Waals surface area contributed by atoms with Gasteiger partial charge < -0.3 is 20.0 Å². The van der Waals surface area contributed by atoms with Gasteiger partial charge in [-0.25, -0.2) is 9.50 Å². The lowest BCUT2D eigenvalue weighted by Gasteiger charge is -2.35. The highest BCUT2D eigenvalue weighted by Crippen LogP contribution is 2.34. The molecular weight excluding hydrogens is 460 g/mol. The lowest BCUT2D eigenvalue weighted by molar-refractivity contribution is 0.0607. The number of rotatable bonds is 7. The number of aryl methyl sites for hydroxylation is 1. The molecule has 1 saturated heterocycles. The van der Waals surface area contributed by atoms with E-state index in [2.05, 4.69) is 10.0 Å². The highest BCUT2D eigenvalue weighted by atomic mass is 35.5. The molecule has 1 aliphatic rings. The lowest BCUT2D eigenvalue weighted by Crippen LogP contribution is -2.39. The first kappa shape index (κ1) is 23.7. The van der Waals surface area contributed by atoms with Gasteiger partial charge in [0.05, 0.1) is 29.6 Å². The van der Waals surface area contributed by atoms with Crippen LogP contribution >= 0.6 is 23.5 Å². The molecule has 1 amide bonds. The average Bonchev–Trinajstić information content (AvgIpc) is 3.22. The largest absolute Gasteiger partial charge is 0.394 e. The van der Waals surface area contributed by atoms with Gasteiger partial charge in [0, 0.05) is 41.7 Å². The topological polar surface area (TPSA) is 94.8 Å². The number of aromatic nitrogens is 3. The molecule has 8 nitrogen and oxygen atoms in total. The number of carbonyl (C=O) groups excluding carboxylic acids is 1. The van der Waals surface area contributed by atoms with Gasteiger partial charge in [-0.15, -0.1) is 0 Å². The van der Waals surface area contributed by atoms with Crippen LogP contribution in [0.4, 0.5) is 11.5 Å². The van der Waals surface area contributed by atoms with Crippen LogP contribution in [0.1, 0.15) is 53.8 Å². The van der Waals surface area contributed by atoms with Gasteiger partial charge in [0.25, 0.3) is 5.91 Å². The zero-order valence-electron chi connectivity index (χ0n) is 19.0. The van der Waals surface area contributed by atoms with Crippen LogP contribution in [-0.4, -0.2) is 56.0 Å². The van der Waals surface area contributed by atoms with E-state index in [0.717, 1.165) is 42.0 Å². The monoisotopic (exact) mass is 488 g/mol. The van der Waals surface area contributed by atoms with Crippen molar-refractivity contribution in [1.29, 1.82) is 0 Å². The molecule has 0 saturated carbocycles. The zero-order chi connectivity index (χ0) is 23.5. The van der Waals surface area contributed by atoms with Gasteiger partial charge in [-0.3, -0.25) is 4.79 Å². The molecule has 2 aromatic heterocycles. The summed E-state index contributed by atoms with van der Waals surface area (Å²) in [6.45, 7) is 4.54. The van der Waals surface area contributed by atoms with E-state index < -0.39 is 0 Å². The number of aliphatic hydroxyl groups is 1. The normalized spacial score (nSPS) is 17.2. The Bertz CT molecular complexity index is 1150. The predicted molar refractivity (Wildman–Crippen MR) is 134 cm³/mol. The molecule has 3 heterocycles. The number of likely N-dealkylation sites (tertiary alicyclic amines) is 1. The summed E-state index contributed by atoms with van der Waals surface area (Å²) < 4.78 is 4.95. The first-order valence-corrected chi connectivity index (χ1v) is 12.7. The number of piperidine rings is 1. The summed E-state index contributed by atoms with van der Waals surface area (Å²) in [6, 6.07) is 7.05. The number of fused-ring (bicyclic) bond motifs is 1. The van der Waals surface area contributed by atoms with E-state index in [9.17, 15) is 9.90 Å². The molecule has 33 heavy (non-hydrogen) atoms. The van der Waals surface area contributed by atoms with Crippen molar-refractivity contribution in [2.75, 3.05) is 29.4 Å². The SMILES string of the molecule is CSNc1ccc(Cl)cc1C(=O)N1CCCCC1c1cc2nc(NC(C)CO)c(C)cn2n1. The highest BCUT2D eigenvalue weighted by molar-refractivity contribution is 7.99. The molecule has 176 valence electrons. The fourth-order valence-electron chi connectivity index (χ4n) is 4.15. The second-order valence-corrected chi connectivity index (χ2v) is 9.43. The summed E-state index contributed by atoms with van der Waals surface area (Å²) in [6.07, 6.45) is 6.66. The van der Waals surface area contributed by atoms with Crippen LogP contribution in [0, 0.1) is 6.92 Å². The number of hydrogen-bond acceptors (Lipinski definition) is 7. The third kappa shape index (κ3) is 5.05. The summed E-state index contributed by atoms with van der Waals surface area (Å²) in [4.78, 5) is 20.2. The number of amides is 1. The van der Waals surface area contributed by atoms with Crippen molar-refractivity contribution < 1.29 is 9.90 Å². The molecule has 0 aliphatic carbocycles. The number of anilines is 2. The standard InChI is InChI=1S/C23H29ClN6O2S/c1-14-12-30-21(26-22(14)25-15(2)13-31)11-19(27-30)20-6-4-5-9-29(20)23(32)17-10-16(24)7-8-18(17)28-33-3/h7-8,10-12,15,20,28,31H,4-6,9,13H2,1-3H3,(H,25,26). The summed E-state index contributed by atoms with van der Waals surface area (Å²) >= 11 is 7.67. The number of aliphatic hydroxyl groups excluding tert-OH is 1. The van der Waals surface area contributed by atoms with E-state index in [1.54, 1.807) is 16.6 Å². The van der Waals surface area contributed by atoms with Crippen molar-refractivity contribution in [2.45, 2.75) is 45.2 Å². The minimum Gasteiger partial charge on any atom is -0.394 e. The van der Waals surface area contributed by atoms with Crippen LogP contribution in [0.25, 0.3) is 5.65 Å². The summed E-state index contributed by atoms with van der Waals surface area (Å²) in [7, 11) is 0. The van der Waals surface area contributed by atoms with E-state index in [0.29, 0.717) is 22.8 Å².